The molecule has 6 N–H and O–H groups in total. The molecule has 0 aliphatic carbocycles. The van der Waals surface area contributed by atoms with E-state index in [2.05, 4.69) is 22.1 Å². The van der Waals surface area contributed by atoms with E-state index in [4.69, 9.17) is 5.73 Å². The molecule has 0 spiro atoms. The van der Waals surface area contributed by atoms with Crippen LogP contribution in [0.25, 0.3) is 0 Å². The van der Waals surface area contributed by atoms with Crippen LogP contribution in [0.1, 0.15) is 34.1 Å². The number of carbonyl (C=O) groups excluding carboxylic acids is 3. The Morgan fingerprint density at radius 1 is 1.00 bits per heavy atom. The minimum absolute atomic E-state index is 0.113. The van der Waals surface area contributed by atoms with Crippen molar-refractivity contribution in [1.82, 2.24) is 15.8 Å². The Bertz CT molecular complexity index is 1300. The predicted molar refractivity (Wildman–Crippen MR) is 141 cm³/mol. The van der Waals surface area contributed by atoms with E-state index in [1.54, 1.807) is 54.7 Å². The minimum Gasteiger partial charge on any atom is -0.391 e. The summed E-state index contributed by atoms with van der Waals surface area (Å²) in [5.74, 6) is 4.05. The highest BCUT2D eigenvalue weighted by Gasteiger charge is 2.34. The molecular weight excluding hydrogens is 486 g/mol. The second-order valence-electron chi connectivity index (χ2n) is 8.41. The second kappa shape index (κ2) is 13.7. The number of anilines is 1. The number of hydrogen-bond acceptors (Lipinski definition) is 7. The van der Waals surface area contributed by atoms with Crippen LogP contribution in [0.2, 0.25) is 0 Å². The molecular formula is C28H29N5O5. The lowest BCUT2D eigenvalue weighted by molar-refractivity contribution is -0.135. The van der Waals surface area contributed by atoms with Gasteiger partial charge in [0.25, 0.3) is 5.91 Å². The van der Waals surface area contributed by atoms with Crippen LogP contribution in [0.4, 0.5) is 5.69 Å². The van der Waals surface area contributed by atoms with Crippen molar-refractivity contribution in [2.24, 2.45) is 5.73 Å². The highest BCUT2D eigenvalue weighted by atomic mass is 16.5. The number of nitrogens with zero attached hydrogens (tertiary/aromatic N) is 2. The number of rotatable bonds is 10. The van der Waals surface area contributed by atoms with Gasteiger partial charge in [0.1, 0.15) is 6.04 Å². The van der Waals surface area contributed by atoms with Gasteiger partial charge in [-0.05, 0) is 67.6 Å². The van der Waals surface area contributed by atoms with Gasteiger partial charge in [0.15, 0.2) is 0 Å². The fraction of sp³-hybridized carbons (Fsp3) is 0.214. The van der Waals surface area contributed by atoms with E-state index < -0.39 is 29.9 Å². The van der Waals surface area contributed by atoms with Gasteiger partial charge in [-0.3, -0.25) is 29.5 Å². The first-order valence-corrected chi connectivity index (χ1v) is 11.9. The number of amides is 3. The molecule has 0 unspecified atom stereocenters. The van der Waals surface area contributed by atoms with Crippen molar-refractivity contribution in [2.75, 3.05) is 18.0 Å². The summed E-state index contributed by atoms with van der Waals surface area (Å²) >= 11 is 0. The van der Waals surface area contributed by atoms with E-state index in [9.17, 15) is 24.7 Å². The summed E-state index contributed by atoms with van der Waals surface area (Å²) < 4.78 is 0. The molecule has 10 nitrogen and oxygen atoms in total. The van der Waals surface area contributed by atoms with Crippen LogP contribution in [0.3, 0.4) is 0 Å². The zero-order valence-corrected chi connectivity index (χ0v) is 20.8. The molecule has 2 atom stereocenters. The molecule has 2 aromatic carbocycles. The van der Waals surface area contributed by atoms with E-state index in [0.717, 1.165) is 10.6 Å². The minimum atomic E-state index is -1.37. The number of nitrogens with one attached hydrogen (secondary N) is 2. The maximum atomic E-state index is 13.2. The number of hydrogen-bond donors (Lipinski definition) is 5. The van der Waals surface area contributed by atoms with Crippen LogP contribution in [0.5, 0.6) is 0 Å². The van der Waals surface area contributed by atoms with E-state index >= 15 is 0 Å². The topological polar surface area (TPSA) is 158 Å². The van der Waals surface area contributed by atoms with Crippen molar-refractivity contribution >= 4 is 23.4 Å². The number of carbonyl (C=O) groups is 3. The van der Waals surface area contributed by atoms with Crippen molar-refractivity contribution in [3.8, 4) is 11.8 Å². The Kier molecular flexibility index (Phi) is 10.1. The lowest BCUT2D eigenvalue weighted by Crippen LogP contribution is -2.56. The molecule has 0 radical (unpaired) electrons. The average Bonchev–Trinajstić information content (AvgIpc) is 2.93. The zero-order chi connectivity index (χ0) is 27.5. The molecule has 0 bridgehead atoms. The predicted octanol–water partition coefficient (Wildman–Crippen LogP) is 1.00. The van der Waals surface area contributed by atoms with Crippen LogP contribution in [0.15, 0.2) is 72.9 Å². The van der Waals surface area contributed by atoms with Crippen molar-refractivity contribution in [3.05, 3.63) is 95.3 Å². The first-order valence-electron chi connectivity index (χ1n) is 11.9. The van der Waals surface area contributed by atoms with Crippen LogP contribution < -0.4 is 21.4 Å². The molecule has 3 amide bonds. The molecule has 196 valence electrons. The average molecular weight is 516 g/mol. The Hall–Kier alpha value is -4.56. The number of nitrogens with two attached hydrogens (primary N) is 1. The number of benzene rings is 2. The molecule has 0 aliphatic rings. The number of aromatic nitrogens is 1. The van der Waals surface area contributed by atoms with Crippen molar-refractivity contribution in [1.29, 1.82) is 0 Å². The summed E-state index contributed by atoms with van der Waals surface area (Å²) in [7, 11) is 0. The molecule has 10 heteroatoms. The van der Waals surface area contributed by atoms with Gasteiger partial charge in [0.05, 0.1) is 12.6 Å². The Morgan fingerprint density at radius 2 is 1.63 bits per heavy atom. The maximum absolute atomic E-state index is 13.2. The number of hydroxylamine groups is 1. The Morgan fingerprint density at radius 3 is 2.16 bits per heavy atom. The molecule has 38 heavy (non-hydrogen) atoms. The largest absolute Gasteiger partial charge is 0.391 e. The zero-order valence-electron chi connectivity index (χ0n) is 20.8. The summed E-state index contributed by atoms with van der Waals surface area (Å²) in [6.45, 7) is 1.72. The third-order valence-corrected chi connectivity index (χ3v) is 5.61. The van der Waals surface area contributed by atoms with E-state index in [0.29, 0.717) is 35.3 Å². The molecule has 3 aromatic rings. The highest BCUT2D eigenvalue weighted by molar-refractivity contribution is 6.01. The number of aliphatic hydroxyl groups excluding tert-OH is 1. The van der Waals surface area contributed by atoms with Gasteiger partial charge in [-0.1, -0.05) is 17.9 Å². The molecule has 3 rings (SSSR count). The number of primary amides is 1. The number of aliphatic hydroxyl groups is 1. The quantitative estimate of drug-likeness (QED) is 0.117. The maximum Gasteiger partial charge on any atom is 0.269 e. The Labute approximate surface area is 220 Å². The molecule has 0 aliphatic heterocycles. The highest BCUT2D eigenvalue weighted by Crippen LogP contribution is 2.20. The van der Waals surface area contributed by atoms with E-state index in [1.165, 1.54) is 12.4 Å². The van der Waals surface area contributed by atoms with Crippen LogP contribution in [-0.2, 0) is 16.0 Å². The Balaban J connectivity index is 1.76. The summed E-state index contributed by atoms with van der Waals surface area (Å²) in [6.07, 6.45) is 1.02. The van der Waals surface area contributed by atoms with Gasteiger partial charge in [0, 0.05) is 47.2 Å². The van der Waals surface area contributed by atoms with E-state index in [-0.39, 0.29) is 6.54 Å². The number of pyridine rings is 1. The fourth-order valence-electron chi connectivity index (χ4n) is 3.69. The third kappa shape index (κ3) is 7.72. The van der Waals surface area contributed by atoms with Crippen molar-refractivity contribution in [3.63, 3.8) is 0 Å². The normalized spacial score (nSPS) is 12.0. The standard InChI is InChI=1S/C28H29N5O5/c1-19(34)26(28(37)32-38)33(25(35)18-30-17-15-23-4-2-3-16-31-23)24-13-9-21(10-14-24)6-5-20-7-11-22(12-8-20)27(29)36/h2-4,7-14,16,19,26,30,34,38H,15,17-18H2,1H3,(H2,29,36)(H,32,37)/t19-,26+/m1/s1. The molecule has 1 heterocycles. The smallest absolute Gasteiger partial charge is 0.269 e. The molecule has 1 aromatic heterocycles. The lowest BCUT2D eigenvalue weighted by atomic mass is 10.1. The fourth-order valence-corrected chi connectivity index (χ4v) is 3.69. The van der Waals surface area contributed by atoms with E-state index in [1.807, 2.05) is 18.2 Å². The van der Waals surface area contributed by atoms with Crippen LogP contribution in [-0.4, -0.2) is 58.3 Å². The molecule has 0 saturated carbocycles. The van der Waals surface area contributed by atoms with Gasteiger partial charge < -0.3 is 16.2 Å². The first-order chi connectivity index (χ1) is 18.3. The van der Waals surface area contributed by atoms with Gasteiger partial charge in [0.2, 0.25) is 11.8 Å². The van der Waals surface area contributed by atoms with Gasteiger partial charge in [-0.25, -0.2) is 5.48 Å². The summed E-state index contributed by atoms with van der Waals surface area (Å²) in [5, 5.41) is 22.6. The van der Waals surface area contributed by atoms with Gasteiger partial charge in [-0.2, -0.15) is 0 Å². The summed E-state index contributed by atoms with van der Waals surface area (Å²) in [4.78, 5) is 42.2. The lowest BCUT2D eigenvalue weighted by Gasteiger charge is -2.32. The van der Waals surface area contributed by atoms with Gasteiger partial charge in [-0.15, -0.1) is 0 Å². The first kappa shape index (κ1) is 28.0. The third-order valence-electron chi connectivity index (χ3n) is 5.61. The SMILES string of the molecule is C[C@@H](O)[C@@H](C(=O)NO)N(C(=O)CNCCc1ccccn1)c1ccc(C#Cc2ccc(C(N)=O)cc2)cc1. The second-order valence-corrected chi connectivity index (χ2v) is 8.41. The molecule has 0 fully saturated rings. The van der Waals surface area contributed by atoms with Crippen molar-refractivity contribution < 1.29 is 24.7 Å². The molecule has 0 saturated heterocycles. The van der Waals surface area contributed by atoms with Crippen LogP contribution >= 0.6 is 0 Å². The van der Waals surface area contributed by atoms with Gasteiger partial charge >= 0.3 is 0 Å². The summed E-state index contributed by atoms with van der Waals surface area (Å²) in [5.41, 5.74) is 9.69. The summed E-state index contributed by atoms with van der Waals surface area (Å²) in [6, 6.07) is 17.3. The van der Waals surface area contributed by atoms with Crippen molar-refractivity contribution in [2.45, 2.75) is 25.5 Å². The monoisotopic (exact) mass is 515 g/mol. The van der Waals surface area contributed by atoms with Crippen LogP contribution in [0, 0.1) is 11.8 Å².